The monoisotopic (exact) mass is 509 g/mol. The van der Waals surface area contributed by atoms with Crippen LogP contribution in [0.5, 0.6) is 11.5 Å². The Labute approximate surface area is 220 Å². The molecule has 0 unspecified atom stereocenters. The van der Waals surface area contributed by atoms with Crippen molar-refractivity contribution in [3.8, 4) is 11.5 Å². The molecule has 4 amide bonds. The Morgan fingerprint density at radius 2 is 1.61 bits per heavy atom. The number of fused-ring (bicyclic) bond motifs is 1. The molecule has 8 nitrogen and oxygen atoms in total. The van der Waals surface area contributed by atoms with Gasteiger partial charge in [-0.2, -0.15) is 0 Å². The van der Waals surface area contributed by atoms with Crippen LogP contribution in [-0.4, -0.2) is 36.1 Å². The van der Waals surface area contributed by atoms with E-state index in [1.165, 1.54) is 6.08 Å². The molecule has 192 valence electrons. The van der Waals surface area contributed by atoms with E-state index in [0.29, 0.717) is 35.9 Å². The van der Waals surface area contributed by atoms with Gasteiger partial charge in [-0.05, 0) is 48.4 Å². The van der Waals surface area contributed by atoms with Gasteiger partial charge in [0, 0.05) is 22.7 Å². The molecule has 1 aromatic heterocycles. The highest BCUT2D eigenvalue weighted by Crippen LogP contribution is 2.28. The number of anilines is 1. The third-order valence-corrected chi connectivity index (χ3v) is 6.48. The summed E-state index contributed by atoms with van der Waals surface area (Å²) in [7, 11) is 1.60. The second-order valence-electron chi connectivity index (χ2n) is 8.77. The van der Waals surface area contributed by atoms with Crippen molar-refractivity contribution >= 4 is 40.5 Å². The van der Waals surface area contributed by atoms with Crippen molar-refractivity contribution in [2.24, 2.45) is 0 Å². The van der Waals surface area contributed by atoms with E-state index in [-0.39, 0.29) is 5.57 Å². The number of aromatic nitrogens is 1. The summed E-state index contributed by atoms with van der Waals surface area (Å²) in [5.74, 6) is -0.0901. The number of benzene rings is 3. The van der Waals surface area contributed by atoms with Gasteiger partial charge in [0.25, 0.3) is 11.8 Å². The average molecular weight is 510 g/mol. The Morgan fingerprint density at radius 1 is 0.895 bits per heavy atom. The number of hydrogen-bond acceptors (Lipinski definition) is 5. The minimum atomic E-state index is -0.766. The Bertz CT molecular complexity index is 1550. The SMILES string of the molecule is CCc1ccc(N2C(=O)NC(=O)C(=Cc3cn(CCOc4ccccc4OC)c4ccccc34)C2=O)cc1. The van der Waals surface area contributed by atoms with Gasteiger partial charge in [0.2, 0.25) is 0 Å². The van der Waals surface area contributed by atoms with Gasteiger partial charge in [0.15, 0.2) is 11.5 Å². The smallest absolute Gasteiger partial charge is 0.335 e. The minimum absolute atomic E-state index is 0.114. The number of methoxy groups -OCH3 is 1. The van der Waals surface area contributed by atoms with Crippen molar-refractivity contribution in [1.29, 1.82) is 0 Å². The molecule has 1 fully saturated rings. The lowest BCUT2D eigenvalue weighted by Crippen LogP contribution is -2.54. The van der Waals surface area contributed by atoms with Gasteiger partial charge in [-0.25, -0.2) is 9.69 Å². The summed E-state index contributed by atoms with van der Waals surface area (Å²) in [6.45, 7) is 2.93. The van der Waals surface area contributed by atoms with Crippen LogP contribution in [0.15, 0.2) is 84.6 Å². The van der Waals surface area contributed by atoms with Crippen LogP contribution < -0.4 is 19.7 Å². The van der Waals surface area contributed by atoms with Crippen molar-refractivity contribution < 1.29 is 23.9 Å². The van der Waals surface area contributed by atoms with Gasteiger partial charge in [-0.15, -0.1) is 0 Å². The molecule has 0 radical (unpaired) electrons. The van der Waals surface area contributed by atoms with E-state index in [4.69, 9.17) is 9.47 Å². The van der Waals surface area contributed by atoms with Gasteiger partial charge in [-0.3, -0.25) is 14.9 Å². The fourth-order valence-corrected chi connectivity index (χ4v) is 4.50. The number of urea groups is 1. The van der Waals surface area contributed by atoms with E-state index < -0.39 is 17.8 Å². The van der Waals surface area contributed by atoms with E-state index in [0.717, 1.165) is 27.8 Å². The van der Waals surface area contributed by atoms with E-state index in [1.807, 2.05) is 78.4 Å². The molecule has 0 aliphatic carbocycles. The van der Waals surface area contributed by atoms with Crippen LogP contribution in [0.1, 0.15) is 18.1 Å². The maximum Gasteiger partial charge on any atom is 0.335 e. The lowest BCUT2D eigenvalue weighted by Gasteiger charge is -2.26. The first kappa shape index (κ1) is 24.8. The van der Waals surface area contributed by atoms with E-state index in [9.17, 15) is 14.4 Å². The molecule has 1 aliphatic rings. The van der Waals surface area contributed by atoms with E-state index >= 15 is 0 Å². The maximum atomic E-state index is 13.4. The zero-order valence-corrected chi connectivity index (χ0v) is 21.1. The Hall–Kier alpha value is -4.85. The molecule has 1 aliphatic heterocycles. The van der Waals surface area contributed by atoms with Gasteiger partial charge < -0.3 is 14.0 Å². The first-order chi connectivity index (χ1) is 18.5. The first-order valence-electron chi connectivity index (χ1n) is 12.3. The Morgan fingerprint density at radius 3 is 2.34 bits per heavy atom. The number of aryl methyl sites for hydroxylation is 1. The number of nitrogens with zero attached hydrogens (tertiary/aromatic N) is 2. The van der Waals surface area contributed by atoms with Gasteiger partial charge in [0.05, 0.1) is 19.3 Å². The molecule has 8 heteroatoms. The molecule has 2 heterocycles. The molecular formula is C30H27N3O5. The fourth-order valence-electron chi connectivity index (χ4n) is 4.50. The topological polar surface area (TPSA) is 89.9 Å². The highest BCUT2D eigenvalue weighted by molar-refractivity contribution is 6.39. The number of amides is 4. The summed E-state index contributed by atoms with van der Waals surface area (Å²) in [4.78, 5) is 39.7. The molecule has 4 aromatic rings. The molecule has 1 N–H and O–H groups in total. The molecule has 0 atom stereocenters. The lowest BCUT2D eigenvalue weighted by atomic mass is 10.1. The predicted octanol–water partition coefficient (Wildman–Crippen LogP) is 4.96. The molecule has 5 rings (SSSR count). The van der Waals surface area contributed by atoms with Crippen LogP contribution in [0.4, 0.5) is 10.5 Å². The number of ether oxygens (including phenoxy) is 2. The van der Waals surface area contributed by atoms with Crippen molar-refractivity contribution in [2.45, 2.75) is 19.9 Å². The first-order valence-corrected chi connectivity index (χ1v) is 12.3. The van der Waals surface area contributed by atoms with Crippen molar-refractivity contribution in [3.05, 3.63) is 95.7 Å². The summed E-state index contributed by atoms with van der Waals surface area (Å²) in [5, 5.41) is 3.16. The number of imide groups is 2. The third-order valence-electron chi connectivity index (χ3n) is 6.48. The standard InChI is InChI=1S/C30H27N3O5/c1-3-20-12-14-22(15-13-20)33-29(35)24(28(34)31-30(33)36)18-21-19-32(25-9-5-4-8-23(21)25)16-17-38-27-11-7-6-10-26(27)37-2/h4-15,18-19H,3,16-17H2,1-2H3,(H,31,34,36). The van der Waals surface area contributed by atoms with E-state index in [1.54, 1.807) is 19.2 Å². The third kappa shape index (κ3) is 4.76. The van der Waals surface area contributed by atoms with Crippen LogP contribution in [-0.2, 0) is 22.6 Å². The van der Waals surface area contributed by atoms with Gasteiger partial charge >= 0.3 is 6.03 Å². The number of nitrogens with one attached hydrogen (secondary N) is 1. The number of carbonyl (C=O) groups excluding carboxylic acids is 3. The number of carbonyl (C=O) groups is 3. The summed E-state index contributed by atoms with van der Waals surface area (Å²) in [6.07, 6.45) is 4.25. The highest BCUT2D eigenvalue weighted by atomic mass is 16.5. The van der Waals surface area contributed by atoms with Gasteiger partial charge in [-0.1, -0.05) is 49.4 Å². The normalized spacial score (nSPS) is 14.7. The number of barbiturate groups is 1. The molecule has 38 heavy (non-hydrogen) atoms. The van der Waals surface area contributed by atoms with Crippen LogP contribution in [0.3, 0.4) is 0 Å². The summed E-state index contributed by atoms with van der Waals surface area (Å²) in [6, 6.07) is 21.5. The molecule has 0 spiro atoms. The van der Waals surface area contributed by atoms with E-state index in [2.05, 4.69) is 5.32 Å². The summed E-state index contributed by atoms with van der Waals surface area (Å²) < 4.78 is 13.3. The quantitative estimate of drug-likeness (QED) is 0.268. The predicted molar refractivity (Wildman–Crippen MR) is 145 cm³/mol. The van der Waals surface area contributed by atoms with Crippen LogP contribution in [0.25, 0.3) is 17.0 Å². The molecule has 0 saturated carbocycles. The lowest BCUT2D eigenvalue weighted by molar-refractivity contribution is -0.122. The van der Waals surface area contributed by atoms with Crippen molar-refractivity contribution in [1.82, 2.24) is 9.88 Å². The summed E-state index contributed by atoms with van der Waals surface area (Å²) >= 11 is 0. The zero-order chi connectivity index (χ0) is 26.6. The van der Waals surface area contributed by atoms with Crippen molar-refractivity contribution in [2.75, 3.05) is 18.6 Å². The number of rotatable bonds is 8. The Kier molecular flexibility index (Phi) is 6.95. The molecule has 0 bridgehead atoms. The summed E-state index contributed by atoms with van der Waals surface area (Å²) in [5.41, 5.74) is 2.98. The highest BCUT2D eigenvalue weighted by Gasteiger charge is 2.37. The van der Waals surface area contributed by atoms with Crippen LogP contribution in [0.2, 0.25) is 0 Å². The second kappa shape index (κ2) is 10.6. The zero-order valence-electron chi connectivity index (χ0n) is 21.1. The number of para-hydroxylation sites is 3. The molecule has 3 aromatic carbocycles. The largest absolute Gasteiger partial charge is 0.493 e. The second-order valence-corrected chi connectivity index (χ2v) is 8.77. The van der Waals surface area contributed by atoms with Gasteiger partial charge in [0.1, 0.15) is 12.2 Å². The number of hydrogen-bond donors (Lipinski definition) is 1. The Balaban J connectivity index is 1.44. The van der Waals surface area contributed by atoms with Crippen LogP contribution in [0, 0.1) is 0 Å². The van der Waals surface area contributed by atoms with Crippen LogP contribution >= 0.6 is 0 Å². The molecule has 1 saturated heterocycles. The maximum absolute atomic E-state index is 13.4. The fraction of sp³-hybridized carbons (Fsp3) is 0.167. The minimum Gasteiger partial charge on any atom is -0.493 e. The van der Waals surface area contributed by atoms with Crippen molar-refractivity contribution in [3.63, 3.8) is 0 Å². The molecular weight excluding hydrogens is 482 g/mol. The average Bonchev–Trinajstić information content (AvgIpc) is 3.29.